The van der Waals surface area contributed by atoms with Gasteiger partial charge in [0, 0.05) is 45.4 Å². The van der Waals surface area contributed by atoms with Crippen molar-refractivity contribution in [2.75, 3.05) is 30.9 Å². The summed E-state index contributed by atoms with van der Waals surface area (Å²) in [6.45, 7) is 2.20. The maximum Gasteiger partial charge on any atom is 0.226 e. The third-order valence-electron chi connectivity index (χ3n) is 3.65. The Labute approximate surface area is 142 Å². The van der Waals surface area contributed by atoms with Crippen LogP contribution in [0.5, 0.6) is 0 Å². The second kappa shape index (κ2) is 8.19. The van der Waals surface area contributed by atoms with E-state index >= 15 is 0 Å². The van der Waals surface area contributed by atoms with Gasteiger partial charge in [0.25, 0.3) is 0 Å². The van der Waals surface area contributed by atoms with Crippen molar-refractivity contribution in [3.05, 3.63) is 48.4 Å². The number of furan rings is 1. The van der Waals surface area contributed by atoms with Crippen molar-refractivity contribution in [3.63, 3.8) is 0 Å². The largest absolute Gasteiger partial charge is 0.467 e. The summed E-state index contributed by atoms with van der Waals surface area (Å²) in [5.41, 5.74) is 1.81. The lowest BCUT2D eigenvalue weighted by molar-refractivity contribution is -0.130. The molecule has 128 valence electrons. The predicted octanol–water partition coefficient (Wildman–Crippen LogP) is 2.72. The van der Waals surface area contributed by atoms with Gasteiger partial charge in [0.05, 0.1) is 12.8 Å². The van der Waals surface area contributed by atoms with Crippen LogP contribution in [0.1, 0.15) is 19.1 Å². The molecule has 6 heteroatoms. The maximum absolute atomic E-state index is 12.1. The summed E-state index contributed by atoms with van der Waals surface area (Å²) in [6.07, 6.45) is 1.80. The summed E-state index contributed by atoms with van der Waals surface area (Å²) in [5.74, 6) is 0.484. The molecule has 0 radical (unpaired) electrons. The minimum Gasteiger partial charge on any atom is -0.467 e. The highest BCUT2D eigenvalue weighted by Gasteiger charge is 2.13. The third-order valence-corrected chi connectivity index (χ3v) is 3.65. The molecule has 1 heterocycles. The molecule has 1 N–H and O–H groups in total. The SMILES string of the molecule is CC(=O)N(CCC(=O)Nc1ccc(N(C)C)cc1)Cc1ccco1. The van der Waals surface area contributed by atoms with Gasteiger partial charge in [-0.1, -0.05) is 0 Å². The van der Waals surface area contributed by atoms with Gasteiger partial charge in [-0.15, -0.1) is 0 Å². The van der Waals surface area contributed by atoms with Crippen LogP contribution in [0.4, 0.5) is 11.4 Å². The number of nitrogens with one attached hydrogen (secondary N) is 1. The van der Waals surface area contributed by atoms with Crippen molar-refractivity contribution < 1.29 is 14.0 Å². The summed E-state index contributed by atoms with van der Waals surface area (Å²) in [6, 6.07) is 11.2. The smallest absolute Gasteiger partial charge is 0.226 e. The molecule has 0 saturated carbocycles. The molecule has 1 aromatic carbocycles. The Bertz CT molecular complexity index is 663. The number of benzene rings is 1. The molecule has 2 aromatic rings. The average molecular weight is 329 g/mol. The average Bonchev–Trinajstić information content (AvgIpc) is 3.04. The standard InChI is InChI=1S/C18H23N3O3/c1-14(22)21(13-17-5-4-12-24-17)11-10-18(23)19-15-6-8-16(9-7-15)20(2)3/h4-9,12H,10-11,13H2,1-3H3,(H,19,23). The van der Waals surface area contributed by atoms with E-state index < -0.39 is 0 Å². The molecule has 0 bridgehead atoms. The highest BCUT2D eigenvalue weighted by molar-refractivity contribution is 5.91. The van der Waals surface area contributed by atoms with Gasteiger partial charge in [0.2, 0.25) is 11.8 Å². The van der Waals surface area contributed by atoms with Crippen LogP contribution >= 0.6 is 0 Å². The Morgan fingerprint density at radius 2 is 1.83 bits per heavy atom. The Balaban J connectivity index is 1.85. The monoisotopic (exact) mass is 329 g/mol. The molecule has 0 fully saturated rings. The van der Waals surface area contributed by atoms with Gasteiger partial charge in [-0.05, 0) is 36.4 Å². The summed E-state index contributed by atoms with van der Waals surface area (Å²) in [7, 11) is 3.92. The third kappa shape index (κ3) is 5.15. The summed E-state index contributed by atoms with van der Waals surface area (Å²) >= 11 is 0. The fourth-order valence-corrected chi connectivity index (χ4v) is 2.24. The molecule has 0 atom stereocenters. The van der Waals surface area contributed by atoms with Crippen molar-refractivity contribution in [2.24, 2.45) is 0 Å². The number of rotatable bonds is 7. The van der Waals surface area contributed by atoms with E-state index in [4.69, 9.17) is 4.42 Å². The number of carbonyl (C=O) groups excluding carboxylic acids is 2. The zero-order valence-electron chi connectivity index (χ0n) is 14.3. The minimum absolute atomic E-state index is 0.0884. The van der Waals surface area contributed by atoms with Crippen LogP contribution in [0.3, 0.4) is 0 Å². The van der Waals surface area contributed by atoms with Gasteiger partial charge in [-0.3, -0.25) is 9.59 Å². The summed E-state index contributed by atoms with van der Waals surface area (Å²) in [4.78, 5) is 27.3. The Kier molecular flexibility index (Phi) is 6.01. The summed E-state index contributed by atoms with van der Waals surface area (Å²) in [5, 5.41) is 2.84. The van der Waals surface area contributed by atoms with Crippen LogP contribution in [-0.4, -0.2) is 37.4 Å². The molecule has 0 spiro atoms. The van der Waals surface area contributed by atoms with E-state index in [0.717, 1.165) is 11.4 Å². The van der Waals surface area contributed by atoms with E-state index in [9.17, 15) is 9.59 Å². The van der Waals surface area contributed by atoms with E-state index in [-0.39, 0.29) is 18.2 Å². The van der Waals surface area contributed by atoms with Crippen LogP contribution in [-0.2, 0) is 16.1 Å². The minimum atomic E-state index is -0.127. The fraction of sp³-hybridized carbons (Fsp3) is 0.333. The predicted molar refractivity (Wildman–Crippen MR) is 93.8 cm³/mol. The van der Waals surface area contributed by atoms with Crippen LogP contribution in [0.15, 0.2) is 47.1 Å². The Hall–Kier alpha value is -2.76. The first-order valence-corrected chi connectivity index (χ1v) is 7.81. The van der Waals surface area contributed by atoms with E-state index in [1.54, 1.807) is 17.2 Å². The van der Waals surface area contributed by atoms with Crippen molar-refractivity contribution >= 4 is 23.2 Å². The van der Waals surface area contributed by atoms with Crippen molar-refractivity contribution in [1.29, 1.82) is 0 Å². The highest BCUT2D eigenvalue weighted by Crippen LogP contribution is 2.16. The Morgan fingerprint density at radius 3 is 2.38 bits per heavy atom. The number of hydrogen-bond acceptors (Lipinski definition) is 4. The van der Waals surface area contributed by atoms with E-state index in [2.05, 4.69) is 5.32 Å². The molecule has 0 aliphatic heterocycles. The van der Waals surface area contributed by atoms with E-state index in [1.165, 1.54) is 6.92 Å². The lowest BCUT2D eigenvalue weighted by Crippen LogP contribution is -2.31. The van der Waals surface area contributed by atoms with Crippen molar-refractivity contribution in [1.82, 2.24) is 4.90 Å². The molecule has 0 unspecified atom stereocenters. The molecule has 0 aliphatic rings. The molecule has 24 heavy (non-hydrogen) atoms. The zero-order valence-corrected chi connectivity index (χ0v) is 14.3. The zero-order chi connectivity index (χ0) is 17.5. The van der Waals surface area contributed by atoms with Gasteiger partial charge < -0.3 is 19.5 Å². The molecule has 0 aliphatic carbocycles. The van der Waals surface area contributed by atoms with Crippen LogP contribution in [0.2, 0.25) is 0 Å². The van der Waals surface area contributed by atoms with Gasteiger partial charge in [0.15, 0.2) is 0 Å². The van der Waals surface area contributed by atoms with Gasteiger partial charge >= 0.3 is 0 Å². The molecule has 2 rings (SSSR count). The highest BCUT2D eigenvalue weighted by atomic mass is 16.3. The Morgan fingerprint density at radius 1 is 1.12 bits per heavy atom. The van der Waals surface area contributed by atoms with E-state index in [0.29, 0.717) is 18.8 Å². The number of hydrogen-bond donors (Lipinski definition) is 1. The first-order chi connectivity index (χ1) is 11.5. The molecular formula is C18H23N3O3. The van der Waals surface area contributed by atoms with Crippen LogP contribution < -0.4 is 10.2 Å². The van der Waals surface area contributed by atoms with Crippen LogP contribution in [0, 0.1) is 0 Å². The molecule has 6 nitrogen and oxygen atoms in total. The number of carbonyl (C=O) groups is 2. The first kappa shape index (κ1) is 17.6. The number of anilines is 2. The van der Waals surface area contributed by atoms with Gasteiger partial charge in [-0.2, -0.15) is 0 Å². The molecule has 1 aromatic heterocycles. The second-order valence-corrected chi connectivity index (χ2v) is 5.76. The normalized spacial score (nSPS) is 10.3. The van der Waals surface area contributed by atoms with Gasteiger partial charge in [-0.25, -0.2) is 0 Å². The maximum atomic E-state index is 12.1. The topological polar surface area (TPSA) is 65.8 Å². The molecule has 2 amide bonds. The lowest BCUT2D eigenvalue weighted by atomic mass is 10.2. The summed E-state index contributed by atoms with van der Waals surface area (Å²) < 4.78 is 5.25. The molecule has 0 saturated heterocycles. The van der Waals surface area contributed by atoms with E-state index in [1.807, 2.05) is 49.3 Å². The van der Waals surface area contributed by atoms with Crippen molar-refractivity contribution in [2.45, 2.75) is 19.9 Å². The second-order valence-electron chi connectivity index (χ2n) is 5.76. The quantitative estimate of drug-likeness (QED) is 0.848. The van der Waals surface area contributed by atoms with Gasteiger partial charge in [0.1, 0.15) is 5.76 Å². The first-order valence-electron chi connectivity index (χ1n) is 7.81. The number of amides is 2. The number of nitrogens with zero attached hydrogens (tertiary/aromatic N) is 2. The molecular weight excluding hydrogens is 306 g/mol. The van der Waals surface area contributed by atoms with Crippen LogP contribution in [0.25, 0.3) is 0 Å². The fourth-order valence-electron chi connectivity index (χ4n) is 2.24. The lowest BCUT2D eigenvalue weighted by Gasteiger charge is -2.19. The van der Waals surface area contributed by atoms with Crippen molar-refractivity contribution in [3.8, 4) is 0 Å².